The van der Waals surface area contributed by atoms with Gasteiger partial charge in [0.15, 0.2) is 21.3 Å². The molecule has 1 aliphatic rings. The molecule has 5 nitrogen and oxygen atoms in total. The van der Waals surface area contributed by atoms with Crippen LogP contribution >= 0.6 is 15.9 Å². The van der Waals surface area contributed by atoms with E-state index in [-0.39, 0.29) is 11.8 Å². The van der Waals surface area contributed by atoms with Crippen molar-refractivity contribution in [3.63, 3.8) is 0 Å². The first-order valence-electron chi connectivity index (χ1n) is 6.79. The molecule has 1 saturated heterocycles. The minimum absolute atomic E-state index is 0.0237. The van der Waals surface area contributed by atoms with E-state index in [1.54, 1.807) is 14.2 Å². The lowest BCUT2D eigenvalue weighted by atomic mass is 10.1. The Morgan fingerprint density at radius 3 is 2.71 bits per heavy atom. The maximum Gasteiger partial charge on any atom is 0.174 e. The summed E-state index contributed by atoms with van der Waals surface area (Å²) in [4.78, 5) is 0. The van der Waals surface area contributed by atoms with Gasteiger partial charge in [-0.3, -0.25) is 0 Å². The standard InChI is InChI=1S/C14H20BrNO4S/c1-19-13-7-10(6-12(15)14(13)20-2)8-16-11-4-3-5-21(17,18)9-11/h6-7,11,16H,3-5,8-9H2,1-2H3. The van der Waals surface area contributed by atoms with Crippen molar-refractivity contribution < 1.29 is 17.9 Å². The van der Waals surface area contributed by atoms with Gasteiger partial charge in [-0.2, -0.15) is 0 Å². The fourth-order valence-corrected chi connectivity index (χ4v) is 4.84. The highest BCUT2D eigenvalue weighted by atomic mass is 79.9. The van der Waals surface area contributed by atoms with E-state index in [0.717, 1.165) is 22.9 Å². The van der Waals surface area contributed by atoms with Crippen molar-refractivity contribution in [1.29, 1.82) is 0 Å². The fraction of sp³-hybridized carbons (Fsp3) is 0.571. The Kier molecular flexibility index (Phi) is 5.51. The molecule has 0 aromatic heterocycles. The largest absolute Gasteiger partial charge is 0.493 e. The van der Waals surface area contributed by atoms with E-state index in [9.17, 15) is 8.42 Å². The molecule has 0 saturated carbocycles. The number of hydrogen-bond acceptors (Lipinski definition) is 5. The van der Waals surface area contributed by atoms with Gasteiger partial charge in [0.1, 0.15) is 0 Å². The number of ether oxygens (including phenoxy) is 2. The molecule has 1 N–H and O–H groups in total. The lowest BCUT2D eigenvalue weighted by Gasteiger charge is -2.23. The van der Waals surface area contributed by atoms with E-state index in [4.69, 9.17) is 9.47 Å². The van der Waals surface area contributed by atoms with E-state index >= 15 is 0 Å². The van der Waals surface area contributed by atoms with Gasteiger partial charge in [-0.05, 0) is 46.5 Å². The molecule has 7 heteroatoms. The first-order chi connectivity index (χ1) is 9.95. The second-order valence-corrected chi connectivity index (χ2v) is 8.23. The van der Waals surface area contributed by atoms with Crippen LogP contribution in [-0.2, 0) is 16.4 Å². The molecule has 2 rings (SSSR count). The van der Waals surface area contributed by atoms with Gasteiger partial charge in [0.2, 0.25) is 0 Å². The van der Waals surface area contributed by atoms with Crippen LogP contribution in [0.25, 0.3) is 0 Å². The maximum absolute atomic E-state index is 11.6. The average molecular weight is 378 g/mol. The van der Waals surface area contributed by atoms with Crippen LogP contribution in [0.15, 0.2) is 16.6 Å². The van der Waals surface area contributed by atoms with Gasteiger partial charge in [-0.15, -0.1) is 0 Å². The molecule has 0 bridgehead atoms. The lowest BCUT2D eigenvalue weighted by Crippen LogP contribution is -2.39. The summed E-state index contributed by atoms with van der Waals surface area (Å²) in [6, 6.07) is 3.87. The van der Waals surface area contributed by atoms with Gasteiger partial charge >= 0.3 is 0 Å². The van der Waals surface area contributed by atoms with Crippen LogP contribution in [0.4, 0.5) is 0 Å². The Hall–Kier alpha value is -0.790. The van der Waals surface area contributed by atoms with Crippen molar-refractivity contribution in [3.05, 3.63) is 22.2 Å². The Balaban J connectivity index is 2.05. The van der Waals surface area contributed by atoms with Crippen molar-refractivity contribution in [1.82, 2.24) is 5.32 Å². The summed E-state index contributed by atoms with van der Waals surface area (Å²) in [6.07, 6.45) is 1.63. The zero-order valence-electron chi connectivity index (χ0n) is 12.2. The van der Waals surface area contributed by atoms with Gasteiger partial charge < -0.3 is 14.8 Å². The average Bonchev–Trinajstić information content (AvgIpc) is 2.43. The number of sulfone groups is 1. The molecule has 1 unspecified atom stereocenters. The summed E-state index contributed by atoms with van der Waals surface area (Å²) in [5.41, 5.74) is 1.02. The third kappa shape index (κ3) is 4.34. The monoisotopic (exact) mass is 377 g/mol. The number of hydrogen-bond donors (Lipinski definition) is 1. The minimum Gasteiger partial charge on any atom is -0.493 e. The molecule has 1 aromatic carbocycles. The lowest BCUT2D eigenvalue weighted by molar-refractivity contribution is 0.352. The molecule has 0 aliphatic carbocycles. The molecule has 1 fully saturated rings. The number of nitrogens with one attached hydrogen (secondary N) is 1. The highest BCUT2D eigenvalue weighted by Gasteiger charge is 2.24. The summed E-state index contributed by atoms with van der Waals surface area (Å²) >= 11 is 3.45. The molecule has 1 aliphatic heterocycles. The van der Waals surface area contributed by atoms with Gasteiger partial charge in [-0.1, -0.05) is 0 Å². The molecule has 0 amide bonds. The molecule has 21 heavy (non-hydrogen) atoms. The number of benzene rings is 1. The topological polar surface area (TPSA) is 64.6 Å². The van der Waals surface area contributed by atoms with Crippen LogP contribution in [0.1, 0.15) is 18.4 Å². The zero-order valence-corrected chi connectivity index (χ0v) is 14.6. The number of halogens is 1. The molecule has 1 heterocycles. The van der Waals surface area contributed by atoms with Crippen LogP contribution < -0.4 is 14.8 Å². The second kappa shape index (κ2) is 6.98. The van der Waals surface area contributed by atoms with Gasteiger partial charge in [0.25, 0.3) is 0 Å². The molecule has 0 radical (unpaired) electrons. The Bertz CT molecular complexity index is 603. The van der Waals surface area contributed by atoms with E-state index in [1.165, 1.54) is 0 Å². The summed E-state index contributed by atoms with van der Waals surface area (Å²) in [7, 11) is 0.299. The summed E-state index contributed by atoms with van der Waals surface area (Å²) in [5.74, 6) is 1.84. The van der Waals surface area contributed by atoms with Gasteiger partial charge in [0.05, 0.1) is 30.2 Å². The van der Waals surface area contributed by atoms with Crippen LogP contribution in [0.3, 0.4) is 0 Å². The highest BCUT2D eigenvalue weighted by molar-refractivity contribution is 9.10. The predicted octanol–water partition coefficient (Wildman–Crippen LogP) is 2.13. The van der Waals surface area contributed by atoms with E-state index < -0.39 is 9.84 Å². The third-order valence-corrected chi connectivity index (χ3v) is 5.96. The van der Waals surface area contributed by atoms with Crippen molar-refractivity contribution >= 4 is 25.8 Å². The summed E-state index contributed by atoms with van der Waals surface area (Å²) in [5, 5.41) is 3.31. The molecule has 118 valence electrons. The fourth-order valence-electron chi connectivity index (χ4n) is 2.52. The molecular weight excluding hydrogens is 358 g/mol. The van der Waals surface area contributed by atoms with Crippen LogP contribution in [0.5, 0.6) is 11.5 Å². The van der Waals surface area contributed by atoms with E-state index in [1.807, 2.05) is 12.1 Å². The summed E-state index contributed by atoms with van der Waals surface area (Å²) < 4.78 is 34.6. The van der Waals surface area contributed by atoms with Crippen LogP contribution in [0, 0.1) is 0 Å². The molecule has 1 atom stereocenters. The normalized spacial score (nSPS) is 21.0. The van der Waals surface area contributed by atoms with Crippen molar-refractivity contribution in [3.8, 4) is 11.5 Å². The quantitative estimate of drug-likeness (QED) is 0.851. The molecular formula is C14H20BrNO4S. The van der Waals surface area contributed by atoms with Crippen LogP contribution in [0.2, 0.25) is 0 Å². The molecule has 0 spiro atoms. The van der Waals surface area contributed by atoms with E-state index in [2.05, 4.69) is 21.2 Å². The number of methoxy groups -OCH3 is 2. The minimum atomic E-state index is -2.88. The SMILES string of the molecule is COc1cc(CNC2CCCS(=O)(=O)C2)cc(Br)c1OC. The van der Waals surface area contributed by atoms with Gasteiger partial charge in [0, 0.05) is 12.6 Å². The van der Waals surface area contributed by atoms with Crippen molar-refractivity contribution in [2.24, 2.45) is 0 Å². The predicted molar refractivity (Wildman–Crippen MR) is 85.8 cm³/mol. The van der Waals surface area contributed by atoms with E-state index in [0.29, 0.717) is 23.8 Å². The Morgan fingerprint density at radius 2 is 2.10 bits per heavy atom. The second-order valence-electron chi connectivity index (χ2n) is 5.15. The van der Waals surface area contributed by atoms with Crippen LogP contribution in [-0.4, -0.2) is 40.2 Å². The zero-order chi connectivity index (χ0) is 15.5. The Labute approximate surface area is 134 Å². The first kappa shape index (κ1) is 16.6. The van der Waals surface area contributed by atoms with Crippen molar-refractivity contribution in [2.45, 2.75) is 25.4 Å². The maximum atomic E-state index is 11.6. The first-order valence-corrected chi connectivity index (χ1v) is 9.41. The highest BCUT2D eigenvalue weighted by Crippen LogP contribution is 2.36. The van der Waals surface area contributed by atoms with Gasteiger partial charge in [-0.25, -0.2) is 8.42 Å². The Morgan fingerprint density at radius 1 is 1.33 bits per heavy atom. The van der Waals surface area contributed by atoms with Crippen molar-refractivity contribution in [2.75, 3.05) is 25.7 Å². The third-order valence-electron chi connectivity index (χ3n) is 3.55. The number of rotatable bonds is 5. The smallest absolute Gasteiger partial charge is 0.174 e. The summed E-state index contributed by atoms with van der Waals surface area (Å²) in [6.45, 7) is 0.596. The molecule has 1 aromatic rings.